The molecule has 5 heteroatoms. The van der Waals surface area contributed by atoms with E-state index in [0.717, 1.165) is 68.2 Å². The molecule has 1 aromatic heterocycles. The second kappa shape index (κ2) is 6.92. The van der Waals surface area contributed by atoms with Gasteiger partial charge in [-0.2, -0.15) is 0 Å². The van der Waals surface area contributed by atoms with Crippen LogP contribution < -0.4 is 0 Å². The number of hydrogen-bond donors (Lipinski definition) is 0. The van der Waals surface area contributed by atoms with E-state index < -0.39 is 0 Å². The van der Waals surface area contributed by atoms with Crippen molar-refractivity contribution in [2.24, 2.45) is 0 Å². The fraction of sp³-hybridized carbons (Fsp3) is 0.409. The van der Waals surface area contributed by atoms with Gasteiger partial charge in [-0.1, -0.05) is 23.7 Å². The van der Waals surface area contributed by atoms with Crippen molar-refractivity contribution < 1.29 is 4.39 Å². The van der Waals surface area contributed by atoms with Crippen molar-refractivity contribution in [3.63, 3.8) is 0 Å². The summed E-state index contributed by atoms with van der Waals surface area (Å²) in [6, 6.07) is 11.1. The number of imidazole rings is 1. The van der Waals surface area contributed by atoms with Crippen LogP contribution in [0.25, 0.3) is 11.0 Å². The largest absolute Gasteiger partial charge is 0.327 e. The highest BCUT2D eigenvalue weighted by Gasteiger charge is 2.24. The first-order valence-corrected chi connectivity index (χ1v) is 10.2. The predicted octanol–water partition coefficient (Wildman–Crippen LogP) is 5.15. The Labute approximate surface area is 163 Å². The average Bonchev–Trinajstić information content (AvgIpc) is 3.05. The number of aryl methyl sites for hydroxylation is 2. The van der Waals surface area contributed by atoms with Crippen LogP contribution in [0.1, 0.15) is 42.1 Å². The molecule has 3 heterocycles. The second-order valence-corrected chi connectivity index (χ2v) is 8.19. The third-order valence-corrected chi connectivity index (χ3v) is 6.49. The molecule has 1 saturated heterocycles. The number of halogens is 2. The highest BCUT2D eigenvalue weighted by molar-refractivity contribution is 6.32. The maximum atomic E-state index is 13.1. The van der Waals surface area contributed by atoms with Gasteiger partial charge in [0.15, 0.2) is 0 Å². The van der Waals surface area contributed by atoms with Crippen LogP contribution in [0.15, 0.2) is 36.4 Å². The lowest BCUT2D eigenvalue weighted by atomic mass is 9.89. The van der Waals surface area contributed by atoms with E-state index in [-0.39, 0.29) is 5.82 Å². The lowest BCUT2D eigenvalue weighted by Gasteiger charge is -2.32. The van der Waals surface area contributed by atoms with Gasteiger partial charge in [0.2, 0.25) is 0 Å². The molecule has 0 radical (unpaired) electrons. The molecule has 0 saturated carbocycles. The number of benzene rings is 2. The minimum atomic E-state index is -0.156. The molecule has 0 bridgehead atoms. The SMILES string of the molecule is Fc1ccc(C2CCN(Cc3nc4ccc(Cl)c5c4n3CCC5)CC2)cc1. The molecule has 0 unspecified atom stereocenters. The lowest BCUT2D eigenvalue weighted by Crippen LogP contribution is -2.33. The number of aromatic nitrogens is 2. The van der Waals surface area contributed by atoms with Crippen LogP contribution in [0, 0.1) is 5.82 Å². The third kappa shape index (κ3) is 3.15. The van der Waals surface area contributed by atoms with Gasteiger partial charge in [0.05, 0.1) is 17.6 Å². The molecule has 0 atom stereocenters. The zero-order chi connectivity index (χ0) is 18.4. The summed E-state index contributed by atoms with van der Waals surface area (Å²) in [4.78, 5) is 7.43. The van der Waals surface area contributed by atoms with Crippen LogP contribution in [0.4, 0.5) is 4.39 Å². The predicted molar refractivity (Wildman–Crippen MR) is 107 cm³/mol. The first-order valence-electron chi connectivity index (χ1n) is 9.83. The maximum absolute atomic E-state index is 13.1. The molecular weight excluding hydrogens is 361 g/mol. The molecule has 0 spiro atoms. The van der Waals surface area contributed by atoms with E-state index in [1.165, 1.54) is 16.6 Å². The Hall–Kier alpha value is -1.91. The van der Waals surface area contributed by atoms with E-state index in [1.807, 2.05) is 24.3 Å². The summed E-state index contributed by atoms with van der Waals surface area (Å²) in [5.74, 6) is 1.54. The molecule has 0 amide bonds. The van der Waals surface area contributed by atoms with Crippen molar-refractivity contribution in [3.05, 3.63) is 64.2 Å². The van der Waals surface area contributed by atoms with Crippen LogP contribution in [0.2, 0.25) is 5.02 Å². The van der Waals surface area contributed by atoms with Gasteiger partial charge in [0.1, 0.15) is 11.6 Å². The van der Waals surface area contributed by atoms with Crippen LogP contribution in [0.5, 0.6) is 0 Å². The molecule has 1 fully saturated rings. The van der Waals surface area contributed by atoms with E-state index in [9.17, 15) is 4.39 Å². The molecule has 3 nitrogen and oxygen atoms in total. The van der Waals surface area contributed by atoms with Crippen molar-refractivity contribution in [2.45, 2.75) is 44.7 Å². The summed E-state index contributed by atoms with van der Waals surface area (Å²) in [7, 11) is 0. The van der Waals surface area contributed by atoms with E-state index in [0.29, 0.717) is 5.92 Å². The standard InChI is InChI=1S/C22H23ClFN3/c23-19-7-8-20-22-18(19)2-1-11-27(22)21(25-20)14-26-12-9-16(10-13-26)15-3-5-17(24)6-4-15/h3-8,16H,1-2,9-14H2. The summed E-state index contributed by atoms with van der Waals surface area (Å²) >= 11 is 6.42. The van der Waals surface area contributed by atoms with Crippen LogP contribution in [0.3, 0.4) is 0 Å². The van der Waals surface area contributed by atoms with E-state index in [2.05, 4.69) is 9.47 Å². The smallest absolute Gasteiger partial charge is 0.124 e. The van der Waals surface area contributed by atoms with E-state index in [4.69, 9.17) is 16.6 Å². The molecule has 2 aliphatic heterocycles. The fourth-order valence-corrected chi connectivity index (χ4v) is 4.94. The van der Waals surface area contributed by atoms with Gasteiger partial charge in [-0.3, -0.25) is 4.90 Å². The van der Waals surface area contributed by atoms with Crippen molar-refractivity contribution in [1.29, 1.82) is 0 Å². The summed E-state index contributed by atoms with van der Waals surface area (Å²) in [6.07, 6.45) is 4.40. The number of piperidine rings is 1. The van der Waals surface area contributed by atoms with E-state index in [1.54, 1.807) is 12.1 Å². The highest BCUT2D eigenvalue weighted by atomic mass is 35.5. The van der Waals surface area contributed by atoms with Crippen LogP contribution in [-0.4, -0.2) is 27.5 Å². The van der Waals surface area contributed by atoms with Crippen LogP contribution >= 0.6 is 11.6 Å². The van der Waals surface area contributed by atoms with Gasteiger partial charge in [0.25, 0.3) is 0 Å². The fourth-order valence-electron chi connectivity index (χ4n) is 4.69. The number of rotatable bonds is 3. The Morgan fingerprint density at radius 2 is 1.81 bits per heavy atom. The van der Waals surface area contributed by atoms with E-state index >= 15 is 0 Å². The normalized spacial score (nSPS) is 18.3. The lowest BCUT2D eigenvalue weighted by molar-refractivity contribution is 0.198. The molecule has 2 aromatic carbocycles. The van der Waals surface area contributed by atoms with Crippen molar-refractivity contribution in [2.75, 3.05) is 13.1 Å². The number of likely N-dealkylation sites (tertiary alicyclic amines) is 1. The number of hydrogen-bond acceptors (Lipinski definition) is 2. The second-order valence-electron chi connectivity index (χ2n) is 7.78. The highest BCUT2D eigenvalue weighted by Crippen LogP contribution is 2.33. The Kier molecular flexibility index (Phi) is 4.41. The Balaban J connectivity index is 1.32. The van der Waals surface area contributed by atoms with Gasteiger partial charge in [0, 0.05) is 11.6 Å². The molecular formula is C22H23ClFN3. The molecule has 2 aliphatic rings. The molecule has 27 heavy (non-hydrogen) atoms. The zero-order valence-electron chi connectivity index (χ0n) is 15.3. The quantitative estimate of drug-likeness (QED) is 0.623. The Morgan fingerprint density at radius 3 is 2.59 bits per heavy atom. The Morgan fingerprint density at radius 1 is 1.04 bits per heavy atom. The van der Waals surface area contributed by atoms with Gasteiger partial charge in [-0.05, 0) is 80.1 Å². The molecule has 5 rings (SSSR count). The topological polar surface area (TPSA) is 21.1 Å². The van der Waals surface area contributed by atoms with Gasteiger partial charge >= 0.3 is 0 Å². The minimum absolute atomic E-state index is 0.156. The van der Waals surface area contributed by atoms with Crippen molar-refractivity contribution in [1.82, 2.24) is 14.5 Å². The van der Waals surface area contributed by atoms with Gasteiger partial charge in [-0.15, -0.1) is 0 Å². The summed E-state index contributed by atoms with van der Waals surface area (Å²) in [5, 5.41) is 0.870. The first kappa shape index (κ1) is 17.2. The molecule has 140 valence electrons. The minimum Gasteiger partial charge on any atom is -0.327 e. The van der Waals surface area contributed by atoms with Crippen molar-refractivity contribution in [3.8, 4) is 0 Å². The van der Waals surface area contributed by atoms with Crippen molar-refractivity contribution >= 4 is 22.6 Å². The van der Waals surface area contributed by atoms with Crippen LogP contribution in [-0.2, 0) is 19.5 Å². The monoisotopic (exact) mass is 383 g/mol. The molecule has 3 aromatic rings. The third-order valence-electron chi connectivity index (χ3n) is 6.14. The average molecular weight is 384 g/mol. The Bertz CT molecular complexity index is 971. The maximum Gasteiger partial charge on any atom is 0.124 e. The van der Waals surface area contributed by atoms with Gasteiger partial charge < -0.3 is 4.57 Å². The first-order chi connectivity index (χ1) is 13.2. The summed E-state index contributed by atoms with van der Waals surface area (Å²) in [5.41, 5.74) is 4.83. The number of nitrogens with zero attached hydrogens (tertiary/aromatic N) is 3. The summed E-state index contributed by atoms with van der Waals surface area (Å²) < 4.78 is 15.5. The molecule has 0 aliphatic carbocycles. The summed E-state index contributed by atoms with van der Waals surface area (Å²) in [6.45, 7) is 4.03. The molecule has 0 N–H and O–H groups in total. The zero-order valence-corrected chi connectivity index (χ0v) is 16.1. The van der Waals surface area contributed by atoms with Gasteiger partial charge in [-0.25, -0.2) is 9.37 Å².